The zero-order valence-corrected chi connectivity index (χ0v) is 12.0. The summed E-state index contributed by atoms with van der Waals surface area (Å²) in [6, 6.07) is 15.9. The van der Waals surface area contributed by atoms with Gasteiger partial charge in [0.15, 0.2) is 0 Å². The van der Waals surface area contributed by atoms with E-state index in [-0.39, 0.29) is 22.8 Å². The Balaban J connectivity index is -0.000000246. The molecular formula is C13H9FeNO4S. The Labute approximate surface area is 132 Å². The van der Waals surface area contributed by atoms with E-state index in [1.807, 2.05) is 30.3 Å². The van der Waals surface area contributed by atoms with Crippen molar-refractivity contribution in [3.8, 4) is 0 Å². The Morgan fingerprint density at radius 3 is 1.70 bits per heavy atom. The maximum absolute atomic E-state index is 10.1. The molecule has 0 N–H and O–H groups in total. The van der Waals surface area contributed by atoms with Gasteiger partial charge in [-0.2, -0.15) is 23.1 Å². The molecule has 0 aliphatic heterocycles. The predicted molar refractivity (Wildman–Crippen MR) is 68.6 cm³/mol. The fourth-order valence-electron chi connectivity index (χ4n) is 0.889. The molecule has 0 bridgehead atoms. The van der Waals surface area contributed by atoms with Crippen molar-refractivity contribution in [1.82, 2.24) is 0 Å². The van der Waals surface area contributed by atoms with Crippen LogP contribution in [0.15, 0.2) is 59.5 Å². The minimum absolute atomic E-state index is 0. The maximum Gasteiger partial charge on any atom is 2.00 e. The van der Waals surface area contributed by atoms with Crippen LogP contribution in [0.1, 0.15) is 0 Å². The van der Waals surface area contributed by atoms with Gasteiger partial charge < -0.3 is 12.6 Å². The third-order valence-electron chi connectivity index (χ3n) is 1.60. The zero-order valence-electron chi connectivity index (χ0n) is 10.0. The molecule has 0 unspecified atom stereocenters. The summed E-state index contributed by atoms with van der Waals surface area (Å²) in [6.45, 7) is 9.00. The smallest absolute Gasteiger partial charge is 0.214 e. The maximum atomic E-state index is 10.1. The quantitative estimate of drug-likeness (QED) is 0.201. The second-order valence-electron chi connectivity index (χ2n) is 2.71. The monoisotopic (exact) mass is 331 g/mol. The molecule has 2 aromatic rings. The van der Waals surface area contributed by atoms with Gasteiger partial charge in [-0.05, 0) is 0 Å². The standard InChI is InChI=1S/C6H5NO2S.C5H5.2CO.Fe/c8-7(9)5-1-3-6(10)4-2-5;1-2-4-5-3-1;2*1-2;/h1-4,10H;1-5H;;;/q;-1;;;+2/p-1. The summed E-state index contributed by atoms with van der Waals surface area (Å²) in [6.07, 6.45) is 0. The molecule has 0 heterocycles. The van der Waals surface area contributed by atoms with Crippen LogP contribution in [0, 0.1) is 23.4 Å². The number of nitrogens with zero attached hydrogens (tertiary/aromatic N) is 1. The van der Waals surface area contributed by atoms with E-state index >= 15 is 0 Å². The number of hydrogen-bond donors (Lipinski definition) is 0. The van der Waals surface area contributed by atoms with Crippen molar-refractivity contribution in [2.75, 3.05) is 0 Å². The van der Waals surface area contributed by atoms with Crippen LogP contribution in [0.4, 0.5) is 5.69 Å². The second-order valence-corrected chi connectivity index (χ2v) is 3.18. The molecule has 0 fully saturated rings. The van der Waals surface area contributed by atoms with Crippen LogP contribution < -0.4 is 0 Å². The number of non-ortho nitro benzene ring substituents is 1. The van der Waals surface area contributed by atoms with Crippen LogP contribution in [-0.2, 0) is 39.0 Å². The van der Waals surface area contributed by atoms with Gasteiger partial charge in [-0.15, -0.1) is 0 Å². The zero-order chi connectivity index (χ0) is 15.1. The number of hydrogen-bond acceptors (Lipinski definition) is 3. The molecule has 0 saturated carbocycles. The summed E-state index contributed by atoms with van der Waals surface area (Å²) < 4.78 is 15.0. The van der Waals surface area contributed by atoms with E-state index in [0.29, 0.717) is 4.90 Å². The molecule has 0 aliphatic carbocycles. The molecule has 0 radical (unpaired) electrons. The molecule has 0 atom stereocenters. The molecule has 0 saturated heterocycles. The van der Waals surface area contributed by atoms with Gasteiger partial charge >= 0.3 is 39.7 Å². The van der Waals surface area contributed by atoms with Gasteiger partial charge in [-0.3, -0.25) is 10.1 Å². The van der Waals surface area contributed by atoms with Crippen LogP contribution in [0.25, 0.3) is 0 Å². The van der Waals surface area contributed by atoms with Gasteiger partial charge in [0.2, 0.25) is 0 Å². The molecule has 0 aromatic heterocycles. The number of benzene rings is 1. The van der Waals surface area contributed by atoms with E-state index in [9.17, 15) is 10.1 Å². The molecular weight excluding hydrogens is 322 g/mol. The van der Waals surface area contributed by atoms with Crippen molar-refractivity contribution in [2.24, 2.45) is 0 Å². The van der Waals surface area contributed by atoms with E-state index in [0.717, 1.165) is 0 Å². The first kappa shape index (κ1) is 23.3. The molecule has 2 aromatic carbocycles. The van der Waals surface area contributed by atoms with E-state index in [1.165, 1.54) is 24.3 Å². The first-order chi connectivity index (χ1) is 9.20. The molecule has 20 heavy (non-hydrogen) atoms. The topological polar surface area (TPSA) is 82.9 Å². The van der Waals surface area contributed by atoms with Crippen LogP contribution >= 0.6 is 0 Å². The summed E-state index contributed by atoms with van der Waals surface area (Å²) in [4.78, 5) is 10.3. The predicted octanol–water partition coefficient (Wildman–Crippen LogP) is 2.83. The molecule has 0 aliphatic rings. The molecule has 2 rings (SSSR count). The molecule has 104 valence electrons. The summed E-state index contributed by atoms with van der Waals surface area (Å²) in [5.74, 6) is 0. The third kappa shape index (κ3) is 12.6. The average Bonchev–Trinajstić information content (AvgIpc) is 3.03. The van der Waals surface area contributed by atoms with Gasteiger partial charge in [0.25, 0.3) is 5.69 Å². The van der Waals surface area contributed by atoms with E-state index in [1.54, 1.807) is 0 Å². The van der Waals surface area contributed by atoms with Gasteiger partial charge in [0.1, 0.15) is 0 Å². The Kier molecular flexibility index (Phi) is 20.0. The summed E-state index contributed by atoms with van der Waals surface area (Å²) >= 11 is 4.74. The van der Waals surface area contributed by atoms with Crippen LogP contribution in [-0.4, -0.2) is 4.92 Å². The van der Waals surface area contributed by atoms with Crippen molar-refractivity contribution in [2.45, 2.75) is 4.90 Å². The first-order valence-corrected chi connectivity index (χ1v) is 5.10. The fraction of sp³-hybridized carbons (Fsp3) is 0. The fourth-order valence-corrected chi connectivity index (χ4v) is 1.02. The SMILES string of the molecule is O=[N+]([O-])c1ccc([S-])cc1.[C-]#[O+].[C-]#[O+].[Fe+2].c1cc[cH-]c1. The van der Waals surface area contributed by atoms with Gasteiger partial charge in [-0.25, -0.2) is 12.1 Å². The minimum atomic E-state index is -0.450. The normalized spacial score (nSPS) is 6.80. The van der Waals surface area contributed by atoms with E-state index in [4.69, 9.17) is 21.9 Å². The van der Waals surface area contributed by atoms with Gasteiger partial charge in [-0.1, -0.05) is 12.1 Å². The van der Waals surface area contributed by atoms with Crippen molar-refractivity contribution in [1.29, 1.82) is 0 Å². The van der Waals surface area contributed by atoms with E-state index < -0.39 is 4.92 Å². The second kappa shape index (κ2) is 17.2. The largest absolute Gasteiger partial charge is 2.00 e. The van der Waals surface area contributed by atoms with Crippen molar-refractivity contribution >= 4 is 18.3 Å². The van der Waals surface area contributed by atoms with Crippen LogP contribution in [0.5, 0.6) is 0 Å². The number of nitro groups is 1. The minimum Gasteiger partial charge on any atom is -0.214 e. The van der Waals surface area contributed by atoms with E-state index in [2.05, 4.69) is 13.3 Å². The molecule has 0 amide bonds. The van der Waals surface area contributed by atoms with Gasteiger partial charge in [0.05, 0.1) is 4.92 Å². The Bertz CT molecular complexity index is 457. The number of rotatable bonds is 1. The average molecular weight is 331 g/mol. The van der Waals surface area contributed by atoms with Crippen molar-refractivity contribution in [3.05, 3.63) is 78.0 Å². The van der Waals surface area contributed by atoms with Crippen LogP contribution in [0.3, 0.4) is 0 Å². The first-order valence-electron chi connectivity index (χ1n) is 4.69. The number of nitro benzene ring substituents is 1. The Hall–Kier alpha value is -1.81. The Morgan fingerprint density at radius 2 is 1.45 bits per heavy atom. The summed E-state index contributed by atoms with van der Waals surface area (Å²) in [7, 11) is 0. The van der Waals surface area contributed by atoms with Crippen LogP contribution in [0.2, 0.25) is 0 Å². The molecule has 7 heteroatoms. The summed E-state index contributed by atoms with van der Waals surface area (Å²) in [5.41, 5.74) is 0.0774. The van der Waals surface area contributed by atoms with Crippen molar-refractivity contribution < 1.29 is 31.3 Å². The summed E-state index contributed by atoms with van der Waals surface area (Å²) in [5, 5.41) is 10.1. The molecule has 0 spiro atoms. The van der Waals surface area contributed by atoms with Crippen molar-refractivity contribution in [3.63, 3.8) is 0 Å². The third-order valence-corrected chi connectivity index (χ3v) is 1.88. The molecule has 5 nitrogen and oxygen atoms in total. The Morgan fingerprint density at radius 1 is 1.05 bits per heavy atom. The van der Waals surface area contributed by atoms with Gasteiger partial charge in [0, 0.05) is 12.1 Å².